The van der Waals surface area contributed by atoms with Crippen LogP contribution in [0, 0.1) is 12.0 Å². The van der Waals surface area contributed by atoms with Crippen molar-refractivity contribution in [2.45, 2.75) is 0 Å². The lowest BCUT2D eigenvalue weighted by atomic mass is 10.2. The predicted octanol–water partition coefficient (Wildman–Crippen LogP) is 1.57. The maximum absolute atomic E-state index is 4.38. The third-order valence-corrected chi connectivity index (χ3v) is 1.09. The van der Waals surface area contributed by atoms with E-state index in [9.17, 15) is 0 Å². The minimum Gasteiger partial charge on any atom is -0.282 e. The molecule has 0 unspecified atom stereocenters. The molecule has 0 aromatic heterocycles. The molecule has 0 spiro atoms. The molecule has 0 N–H and O–H groups in total. The zero-order valence-electron chi connectivity index (χ0n) is 6.20. The van der Waals surface area contributed by atoms with Crippen LogP contribution in [0.5, 0.6) is 0 Å². The van der Waals surface area contributed by atoms with Crippen molar-refractivity contribution in [2.75, 3.05) is 7.11 Å². The second-order valence-corrected chi connectivity index (χ2v) is 1.84. The Morgan fingerprint density at radius 3 is 2.55 bits per heavy atom. The maximum Gasteiger partial charge on any atom is 0.162 e. The molecular weight excluding hydrogens is 140 g/mol. The minimum atomic E-state index is 0.907. The molecule has 1 aromatic carbocycles. The second kappa shape index (κ2) is 4.37. The fourth-order valence-electron chi connectivity index (χ4n) is 0.643. The van der Waals surface area contributed by atoms with Gasteiger partial charge in [0.15, 0.2) is 6.11 Å². The van der Waals surface area contributed by atoms with E-state index in [1.807, 2.05) is 30.3 Å². The molecular formula is C9H8O2. The van der Waals surface area contributed by atoms with Crippen LogP contribution < -0.4 is 0 Å². The summed E-state index contributed by atoms with van der Waals surface area (Å²) in [6.07, 6.45) is 2.38. The summed E-state index contributed by atoms with van der Waals surface area (Å²) in [4.78, 5) is 8.67. The SMILES string of the molecule is COOC#Cc1ccccc1. The summed E-state index contributed by atoms with van der Waals surface area (Å²) >= 11 is 0. The van der Waals surface area contributed by atoms with E-state index in [2.05, 4.69) is 21.8 Å². The van der Waals surface area contributed by atoms with Crippen molar-refractivity contribution in [1.82, 2.24) is 0 Å². The summed E-state index contributed by atoms with van der Waals surface area (Å²) in [6.45, 7) is 0. The van der Waals surface area contributed by atoms with Crippen LogP contribution in [0.4, 0.5) is 0 Å². The Labute approximate surface area is 65.7 Å². The molecule has 2 heteroatoms. The molecule has 1 rings (SSSR count). The van der Waals surface area contributed by atoms with Crippen molar-refractivity contribution in [3.05, 3.63) is 35.9 Å². The molecule has 0 radical (unpaired) electrons. The monoisotopic (exact) mass is 148 g/mol. The third kappa shape index (κ3) is 2.74. The topological polar surface area (TPSA) is 18.5 Å². The van der Waals surface area contributed by atoms with Crippen molar-refractivity contribution in [2.24, 2.45) is 0 Å². The zero-order valence-corrected chi connectivity index (χ0v) is 6.20. The highest BCUT2D eigenvalue weighted by atomic mass is 17.2. The average Bonchev–Trinajstić information content (AvgIpc) is 2.07. The van der Waals surface area contributed by atoms with E-state index in [1.165, 1.54) is 7.11 Å². The number of hydrogen-bond acceptors (Lipinski definition) is 2. The van der Waals surface area contributed by atoms with E-state index < -0.39 is 0 Å². The van der Waals surface area contributed by atoms with Crippen molar-refractivity contribution in [1.29, 1.82) is 0 Å². The van der Waals surface area contributed by atoms with Gasteiger partial charge in [-0.3, -0.25) is 4.89 Å². The predicted molar refractivity (Wildman–Crippen MR) is 41.4 cm³/mol. The van der Waals surface area contributed by atoms with Crippen LogP contribution in [-0.4, -0.2) is 7.11 Å². The van der Waals surface area contributed by atoms with Crippen LogP contribution in [-0.2, 0) is 9.78 Å². The van der Waals surface area contributed by atoms with Gasteiger partial charge in [-0.15, -0.1) is 0 Å². The van der Waals surface area contributed by atoms with Crippen molar-refractivity contribution >= 4 is 0 Å². The van der Waals surface area contributed by atoms with E-state index >= 15 is 0 Å². The largest absolute Gasteiger partial charge is 0.282 e. The van der Waals surface area contributed by atoms with Gasteiger partial charge in [-0.2, -0.15) is 4.89 Å². The van der Waals surface area contributed by atoms with Gasteiger partial charge in [0.1, 0.15) is 0 Å². The molecule has 0 bridgehead atoms. The highest BCUT2D eigenvalue weighted by Gasteiger charge is 1.80. The third-order valence-electron chi connectivity index (χ3n) is 1.09. The van der Waals surface area contributed by atoms with E-state index in [0.717, 1.165) is 5.56 Å². The molecule has 56 valence electrons. The van der Waals surface area contributed by atoms with Gasteiger partial charge in [-0.1, -0.05) is 18.2 Å². The minimum absolute atomic E-state index is 0.907. The Morgan fingerprint density at radius 1 is 1.18 bits per heavy atom. The first-order valence-electron chi connectivity index (χ1n) is 3.19. The molecule has 0 aliphatic rings. The van der Waals surface area contributed by atoms with E-state index in [4.69, 9.17) is 0 Å². The molecule has 0 fully saturated rings. The molecule has 0 amide bonds. The summed E-state index contributed by atoms with van der Waals surface area (Å²) in [6, 6.07) is 9.55. The number of hydrogen-bond donors (Lipinski definition) is 0. The van der Waals surface area contributed by atoms with Crippen molar-refractivity contribution in [3.63, 3.8) is 0 Å². The van der Waals surface area contributed by atoms with Crippen LogP contribution in [0.2, 0.25) is 0 Å². The first-order valence-corrected chi connectivity index (χ1v) is 3.19. The van der Waals surface area contributed by atoms with E-state index in [0.29, 0.717) is 0 Å². The van der Waals surface area contributed by atoms with Crippen LogP contribution in [0.3, 0.4) is 0 Å². The van der Waals surface area contributed by atoms with Gasteiger partial charge in [-0.25, -0.2) is 0 Å². The smallest absolute Gasteiger partial charge is 0.162 e. The van der Waals surface area contributed by atoms with Crippen LogP contribution >= 0.6 is 0 Å². The molecule has 0 saturated heterocycles. The fourth-order valence-corrected chi connectivity index (χ4v) is 0.643. The van der Waals surface area contributed by atoms with Gasteiger partial charge in [0, 0.05) is 5.56 Å². The van der Waals surface area contributed by atoms with Gasteiger partial charge in [0.2, 0.25) is 0 Å². The molecule has 0 aliphatic carbocycles. The van der Waals surface area contributed by atoms with Crippen LogP contribution in [0.1, 0.15) is 5.56 Å². The molecule has 0 aliphatic heterocycles. The molecule has 0 saturated carbocycles. The maximum atomic E-state index is 4.38. The average molecular weight is 148 g/mol. The molecule has 0 heterocycles. The van der Waals surface area contributed by atoms with Crippen LogP contribution in [0.25, 0.3) is 0 Å². The Bertz CT molecular complexity index is 256. The highest BCUT2D eigenvalue weighted by molar-refractivity contribution is 5.32. The molecule has 0 atom stereocenters. The van der Waals surface area contributed by atoms with Crippen LogP contribution in [0.15, 0.2) is 30.3 Å². The lowest BCUT2D eigenvalue weighted by molar-refractivity contribution is -0.209. The Kier molecular flexibility index (Phi) is 3.04. The highest BCUT2D eigenvalue weighted by Crippen LogP contribution is 1.94. The summed E-state index contributed by atoms with van der Waals surface area (Å²) < 4.78 is 0. The summed E-state index contributed by atoms with van der Waals surface area (Å²) in [7, 11) is 1.42. The first-order chi connectivity index (χ1) is 5.43. The Morgan fingerprint density at radius 2 is 1.91 bits per heavy atom. The van der Waals surface area contributed by atoms with Crippen molar-refractivity contribution < 1.29 is 9.78 Å². The Hall–Kier alpha value is -1.46. The van der Waals surface area contributed by atoms with E-state index in [1.54, 1.807) is 0 Å². The van der Waals surface area contributed by atoms with Gasteiger partial charge in [-0.05, 0) is 18.1 Å². The van der Waals surface area contributed by atoms with Crippen molar-refractivity contribution in [3.8, 4) is 12.0 Å². The fraction of sp³-hybridized carbons (Fsp3) is 0.111. The zero-order chi connectivity index (χ0) is 7.94. The van der Waals surface area contributed by atoms with E-state index in [-0.39, 0.29) is 0 Å². The standard InChI is InChI=1S/C9H8O2/c1-10-11-8-7-9-5-3-2-4-6-9/h2-6H,1H3. The second-order valence-electron chi connectivity index (χ2n) is 1.84. The number of rotatable bonds is 1. The molecule has 2 nitrogen and oxygen atoms in total. The Balaban J connectivity index is 2.59. The summed E-state index contributed by atoms with van der Waals surface area (Å²) in [5, 5.41) is 0. The molecule has 1 aromatic rings. The number of benzene rings is 1. The summed E-state index contributed by atoms with van der Waals surface area (Å²) in [5.74, 6) is 2.75. The first kappa shape index (κ1) is 7.64. The lowest BCUT2D eigenvalue weighted by Crippen LogP contribution is -1.77. The van der Waals surface area contributed by atoms with Gasteiger partial charge < -0.3 is 0 Å². The lowest BCUT2D eigenvalue weighted by Gasteiger charge is -1.86. The molecule has 11 heavy (non-hydrogen) atoms. The van der Waals surface area contributed by atoms with Gasteiger partial charge >= 0.3 is 0 Å². The summed E-state index contributed by atoms with van der Waals surface area (Å²) in [5.41, 5.74) is 0.907. The normalized spacial score (nSPS) is 8.09. The van der Waals surface area contributed by atoms with Gasteiger partial charge in [0.05, 0.1) is 7.11 Å². The quantitative estimate of drug-likeness (QED) is 0.342. The van der Waals surface area contributed by atoms with Gasteiger partial charge in [0.25, 0.3) is 0 Å².